The third-order valence-corrected chi connectivity index (χ3v) is 6.04. The summed E-state index contributed by atoms with van der Waals surface area (Å²) < 4.78 is 25.4. The van der Waals surface area contributed by atoms with Gasteiger partial charge in [0.25, 0.3) is 0 Å². The third-order valence-electron chi connectivity index (χ3n) is 6.04. The van der Waals surface area contributed by atoms with Crippen LogP contribution in [0.25, 0.3) is 22.2 Å². The largest absolute Gasteiger partial charge is 0.493 e. The van der Waals surface area contributed by atoms with Crippen LogP contribution in [0.15, 0.2) is 53.5 Å². The Labute approximate surface area is 208 Å². The van der Waals surface area contributed by atoms with Crippen LogP contribution in [0.3, 0.4) is 0 Å². The summed E-state index contributed by atoms with van der Waals surface area (Å²) in [6.07, 6.45) is 0.186. The maximum absolute atomic E-state index is 13.8. The molecule has 0 aliphatic carbocycles. The predicted octanol–water partition coefficient (Wildman–Crippen LogP) is 5.16. The molecule has 1 atom stereocenters. The molecule has 0 spiro atoms. The molecule has 188 valence electrons. The molecule has 2 heterocycles. The number of ether oxygens (including phenoxy) is 2. The first-order valence-electron chi connectivity index (χ1n) is 11.5. The number of hydrogen-bond donors (Lipinski definition) is 3. The van der Waals surface area contributed by atoms with Crippen molar-refractivity contribution < 1.29 is 24.1 Å². The van der Waals surface area contributed by atoms with Crippen molar-refractivity contribution in [1.29, 1.82) is 0 Å². The van der Waals surface area contributed by atoms with Crippen LogP contribution in [0, 0.1) is 12.7 Å². The summed E-state index contributed by atoms with van der Waals surface area (Å²) in [6.45, 7) is 7.63. The first-order chi connectivity index (χ1) is 17.0. The molecule has 0 saturated carbocycles. The summed E-state index contributed by atoms with van der Waals surface area (Å²) >= 11 is 0. The summed E-state index contributed by atoms with van der Waals surface area (Å²) in [5, 5.41) is 19.7. The molecule has 0 saturated heterocycles. The molecule has 0 amide bonds. The SMILES string of the molecule is COc1cc(F)ccc1Oc1cc(C(C)(C)C)cc(C)c1-c1cc(=O)c2c(C(O)CO)nccc2[nH]1. The Morgan fingerprint density at radius 3 is 2.50 bits per heavy atom. The molecule has 0 bridgehead atoms. The number of benzene rings is 2. The van der Waals surface area contributed by atoms with Crippen molar-refractivity contribution in [1.82, 2.24) is 9.97 Å². The van der Waals surface area contributed by atoms with E-state index in [9.17, 15) is 19.4 Å². The normalized spacial score (nSPS) is 12.6. The molecule has 4 rings (SSSR count). The quantitative estimate of drug-likeness (QED) is 0.343. The van der Waals surface area contributed by atoms with Gasteiger partial charge in [0.15, 0.2) is 16.9 Å². The second-order valence-corrected chi connectivity index (χ2v) is 9.68. The number of nitrogens with zero attached hydrogens (tertiary/aromatic N) is 1. The van der Waals surface area contributed by atoms with Gasteiger partial charge in [-0.15, -0.1) is 0 Å². The minimum Gasteiger partial charge on any atom is -0.493 e. The number of aromatic nitrogens is 2. The van der Waals surface area contributed by atoms with Gasteiger partial charge in [0.05, 0.1) is 36.0 Å². The standard InChI is InChI=1S/C28H29FN2O5/c1-15-10-16(28(2,3)4)11-24(36-22-7-6-17(29)12-23(22)35-5)25(15)19-13-20(33)26-18(31-19)8-9-30-27(26)21(34)14-32/h6-13,21,32,34H,14H2,1-5H3,(H,31,33). The molecule has 36 heavy (non-hydrogen) atoms. The van der Waals surface area contributed by atoms with Crippen molar-refractivity contribution in [3.05, 3.63) is 81.5 Å². The number of aryl methyl sites for hydroxylation is 1. The van der Waals surface area contributed by atoms with E-state index in [-0.39, 0.29) is 27.7 Å². The van der Waals surface area contributed by atoms with Gasteiger partial charge in [0.1, 0.15) is 17.7 Å². The van der Waals surface area contributed by atoms with E-state index in [4.69, 9.17) is 9.47 Å². The number of halogens is 1. The Kier molecular flexibility index (Phi) is 6.84. The number of aliphatic hydroxyl groups excluding tert-OH is 2. The van der Waals surface area contributed by atoms with Crippen LogP contribution in [0.2, 0.25) is 0 Å². The highest BCUT2D eigenvalue weighted by Crippen LogP contribution is 2.41. The zero-order chi connectivity index (χ0) is 26.2. The van der Waals surface area contributed by atoms with Crippen molar-refractivity contribution in [2.75, 3.05) is 13.7 Å². The van der Waals surface area contributed by atoms with Gasteiger partial charge in [-0.25, -0.2) is 4.39 Å². The van der Waals surface area contributed by atoms with Crippen LogP contribution < -0.4 is 14.9 Å². The fourth-order valence-corrected chi connectivity index (χ4v) is 4.16. The van der Waals surface area contributed by atoms with Gasteiger partial charge < -0.3 is 24.7 Å². The van der Waals surface area contributed by atoms with Crippen LogP contribution in [-0.4, -0.2) is 33.9 Å². The molecular formula is C28H29FN2O5. The highest BCUT2D eigenvalue weighted by atomic mass is 19.1. The van der Waals surface area contributed by atoms with E-state index in [2.05, 4.69) is 30.7 Å². The topological polar surface area (TPSA) is 105 Å². The fourth-order valence-electron chi connectivity index (χ4n) is 4.16. The molecule has 2 aromatic carbocycles. The van der Waals surface area contributed by atoms with Gasteiger partial charge in [-0.2, -0.15) is 0 Å². The van der Waals surface area contributed by atoms with Crippen LogP contribution in [0.5, 0.6) is 17.2 Å². The molecular weight excluding hydrogens is 463 g/mol. The fraction of sp³-hybridized carbons (Fsp3) is 0.286. The van der Waals surface area contributed by atoms with Crippen molar-refractivity contribution >= 4 is 10.9 Å². The van der Waals surface area contributed by atoms with Crippen molar-refractivity contribution in [2.24, 2.45) is 0 Å². The summed E-state index contributed by atoms with van der Waals surface area (Å²) in [7, 11) is 1.44. The zero-order valence-corrected chi connectivity index (χ0v) is 20.8. The first kappa shape index (κ1) is 25.3. The average molecular weight is 493 g/mol. The molecule has 3 N–H and O–H groups in total. The molecule has 8 heteroatoms. The second kappa shape index (κ2) is 9.72. The lowest BCUT2D eigenvalue weighted by atomic mass is 9.84. The van der Waals surface area contributed by atoms with Gasteiger partial charge in [0.2, 0.25) is 0 Å². The van der Waals surface area contributed by atoms with Crippen molar-refractivity contribution in [3.8, 4) is 28.5 Å². The third kappa shape index (κ3) is 4.82. The molecule has 7 nitrogen and oxygen atoms in total. The number of fused-ring (bicyclic) bond motifs is 1. The number of H-pyrrole nitrogens is 1. The van der Waals surface area contributed by atoms with Crippen molar-refractivity contribution in [2.45, 2.75) is 39.2 Å². The van der Waals surface area contributed by atoms with Gasteiger partial charge in [-0.1, -0.05) is 26.8 Å². The Balaban J connectivity index is 1.96. The monoisotopic (exact) mass is 492 g/mol. The first-order valence-corrected chi connectivity index (χ1v) is 11.5. The van der Waals surface area contributed by atoms with E-state index in [0.29, 0.717) is 28.3 Å². The highest BCUT2D eigenvalue weighted by molar-refractivity contribution is 5.85. The molecule has 0 aliphatic heterocycles. The molecule has 0 aliphatic rings. The highest BCUT2D eigenvalue weighted by Gasteiger charge is 2.22. The number of methoxy groups -OCH3 is 1. The number of aliphatic hydroxyl groups is 2. The summed E-state index contributed by atoms with van der Waals surface area (Å²) in [5.74, 6) is 0.573. The number of rotatable bonds is 6. The molecule has 2 aromatic heterocycles. The van der Waals surface area contributed by atoms with Crippen LogP contribution in [0.1, 0.15) is 43.7 Å². The lowest BCUT2D eigenvalue weighted by Gasteiger charge is -2.24. The molecule has 0 radical (unpaired) electrons. The Morgan fingerprint density at radius 1 is 1.08 bits per heavy atom. The van der Waals surface area contributed by atoms with E-state index in [1.54, 1.807) is 6.07 Å². The van der Waals surface area contributed by atoms with Gasteiger partial charge in [-0.05, 0) is 47.7 Å². The smallest absolute Gasteiger partial charge is 0.191 e. The number of pyridine rings is 2. The van der Waals surface area contributed by atoms with Gasteiger partial charge >= 0.3 is 0 Å². The van der Waals surface area contributed by atoms with E-state index < -0.39 is 18.5 Å². The lowest BCUT2D eigenvalue weighted by Crippen LogP contribution is -2.14. The lowest BCUT2D eigenvalue weighted by molar-refractivity contribution is 0.0934. The number of nitrogens with one attached hydrogen (secondary N) is 1. The summed E-state index contributed by atoms with van der Waals surface area (Å²) in [5.41, 5.74) is 3.03. The van der Waals surface area contributed by atoms with E-state index in [1.807, 2.05) is 19.1 Å². The summed E-state index contributed by atoms with van der Waals surface area (Å²) in [6, 6.07) is 11.0. The molecule has 4 aromatic rings. The minimum absolute atomic E-state index is 0.107. The molecule has 1 unspecified atom stereocenters. The number of aromatic amines is 1. The summed E-state index contributed by atoms with van der Waals surface area (Å²) in [4.78, 5) is 20.6. The van der Waals surface area contributed by atoms with Crippen LogP contribution >= 0.6 is 0 Å². The average Bonchev–Trinajstić information content (AvgIpc) is 2.83. The Hall–Kier alpha value is -3.75. The second-order valence-electron chi connectivity index (χ2n) is 9.68. The maximum atomic E-state index is 13.8. The molecule has 0 fully saturated rings. The van der Waals surface area contributed by atoms with Crippen molar-refractivity contribution in [3.63, 3.8) is 0 Å². The zero-order valence-electron chi connectivity index (χ0n) is 20.8. The van der Waals surface area contributed by atoms with E-state index in [1.165, 1.54) is 37.6 Å². The number of hydrogen-bond acceptors (Lipinski definition) is 6. The Bertz CT molecular complexity index is 1490. The Morgan fingerprint density at radius 2 is 1.83 bits per heavy atom. The van der Waals surface area contributed by atoms with Crippen LogP contribution in [0.4, 0.5) is 4.39 Å². The minimum atomic E-state index is -1.28. The van der Waals surface area contributed by atoms with Gasteiger partial charge in [0, 0.05) is 23.9 Å². The maximum Gasteiger partial charge on any atom is 0.191 e. The van der Waals surface area contributed by atoms with E-state index in [0.717, 1.165) is 11.1 Å². The van der Waals surface area contributed by atoms with E-state index >= 15 is 0 Å². The van der Waals surface area contributed by atoms with Gasteiger partial charge in [-0.3, -0.25) is 9.78 Å². The predicted molar refractivity (Wildman–Crippen MR) is 136 cm³/mol. The van der Waals surface area contributed by atoms with Crippen LogP contribution in [-0.2, 0) is 5.41 Å².